The molecule has 0 atom stereocenters. The molecule has 0 aromatic carbocycles. The van der Waals surface area contributed by atoms with Crippen LogP contribution in [0.4, 0.5) is 0 Å². The first-order valence-electron chi connectivity index (χ1n) is 5.10. The Kier molecular flexibility index (Phi) is 3.56. The van der Waals surface area contributed by atoms with Crippen molar-refractivity contribution in [2.75, 3.05) is 7.05 Å². The molecule has 3 nitrogen and oxygen atoms in total. The highest BCUT2D eigenvalue weighted by molar-refractivity contribution is 7.01. The molecular formula is C9H21N3Si3. The van der Waals surface area contributed by atoms with Crippen molar-refractivity contribution in [1.82, 2.24) is 13.1 Å². The summed E-state index contributed by atoms with van der Waals surface area (Å²) in [6.45, 7) is 16.6. The van der Waals surface area contributed by atoms with E-state index in [1.807, 2.05) is 6.20 Å². The van der Waals surface area contributed by atoms with E-state index in [2.05, 4.69) is 64.4 Å². The minimum absolute atomic E-state index is 0.364. The van der Waals surface area contributed by atoms with Crippen molar-refractivity contribution in [3.8, 4) is 0 Å². The molecule has 15 heavy (non-hydrogen) atoms. The molecule has 6 heteroatoms. The standard InChI is InChI=1S/C9H21N3Si3/c1-7-12-14(5,6)11(4)13-10-15(12,8-2)9-3/h7-10H,1-3,13H2,4-6H3. The van der Waals surface area contributed by atoms with Gasteiger partial charge in [0.05, 0.1) is 0 Å². The van der Waals surface area contributed by atoms with Gasteiger partial charge in [0.25, 0.3) is 8.40 Å². The number of rotatable bonds is 3. The van der Waals surface area contributed by atoms with Gasteiger partial charge in [0.15, 0.2) is 9.84 Å². The van der Waals surface area contributed by atoms with E-state index >= 15 is 0 Å². The molecule has 1 heterocycles. The first-order chi connectivity index (χ1) is 6.94. The van der Waals surface area contributed by atoms with Crippen molar-refractivity contribution in [2.45, 2.75) is 13.1 Å². The molecular weight excluding hydrogens is 234 g/mol. The summed E-state index contributed by atoms with van der Waals surface area (Å²) in [6.07, 6.45) is 1.97. The molecule has 1 fully saturated rings. The van der Waals surface area contributed by atoms with Crippen LogP contribution in [0.1, 0.15) is 0 Å². The van der Waals surface area contributed by atoms with Crippen molar-refractivity contribution in [1.29, 1.82) is 0 Å². The monoisotopic (exact) mass is 255 g/mol. The molecule has 84 valence electrons. The van der Waals surface area contributed by atoms with Gasteiger partial charge < -0.3 is 13.1 Å². The minimum Gasteiger partial charge on any atom is -0.402 e. The van der Waals surface area contributed by atoms with Crippen LogP contribution in [0.25, 0.3) is 0 Å². The maximum atomic E-state index is 3.98. The Morgan fingerprint density at radius 2 is 1.73 bits per heavy atom. The highest BCUT2D eigenvalue weighted by Gasteiger charge is 2.48. The lowest BCUT2D eigenvalue weighted by Gasteiger charge is -2.55. The number of nitrogens with zero attached hydrogens (tertiary/aromatic N) is 2. The van der Waals surface area contributed by atoms with Crippen molar-refractivity contribution in [3.63, 3.8) is 0 Å². The topological polar surface area (TPSA) is 18.5 Å². The fourth-order valence-electron chi connectivity index (χ4n) is 1.96. The van der Waals surface area contributed by atoms with E-state index in [1.54, 1.807) is 0 Å². The SMILES string of the molecule is C=CN1[Si](C=C)(C=C)N[SiH2]N(C)[Si]1(C)C. The Morgan fingerprint density at radius 1 is 1.20 bits per heavy atom. The van der Waals surface area contributed by atoms with Crippen LogP contribution in [0.3, 0.4) is 0 Å². The van der Waals surface area contributed by atoms with Crippen molar-refractivity contribution in [2.24, 2.45) is 0 Å². The zero-order valence-corrected chi connectivity index (χ0v) is 13.4. The van der Waals surface area contributed by atoms with Gasteiger partial charge in [-0.25, -0.2) is 0 Å². The molecule has 0 amide bonds. The molecule has 0 radical (unpaired) electrons. The Labute approximate surface area is 97.5 Å². The van der Waals surface area contributed by atoms with Crippen LogP contribution in [0, 0.1) is 0 Å². The third kappa shape index (κ3) is 1.83. The van der Waals surface area contributed by atoms with Gasteiger partial charge in [0, 0.05) is 0 Å². The average molecular weight is 256 g/mol. The normalized spacial score (nSPS) is 26.2. The third-order valence-corrected chi connectivity index (χ3v) is 17.7. The fourth-order valence-corrected chi connectivity index (χ4v) is 16.0. The predicted molar refractivity (Wildman–Crippen MR) is 75.1 cm³/mol. The maximum absolute atomic E-state index is 3.98. The van der Waals surface area contributed by atoms with Crippen LogP contribution in [0.5, 0.6) is 0 Å². The Bertz CT molecular complexity index is 282. The largest absolute Gasteiger partial charge is 0.402 e. The summed E-state index contributed by atoms with van der Waals surface area (Å²) in [5.41, 5.74) is 4.13. The minimum atomic E-state index is -1.86. The number of nitrogens with one attached hydrogen (secondary N) is 1. The van der Waals surface area contributed by atoms with Gasteiger partial charge >= 0.3 is 0 Å². The van der Waals surface area contributed by atoms with Gasteiger partial charge in [-0.1, -0.05) is 18.0 Å². The van der Waals surface area contributed by atoms with Crippen LogP contribution in [-0.4, -0.2) is 42.1 Å². The molecule has 0 aromatic rings. The van der Waals surface area contributed by atoms with Crippen LogP contribution < -0.4 is 4.65 Å². The van der Waals surface area contributed by atoms with E-state index in [0.29, 0.717) is 0 Å². The van der Waals surface area contributed by atoms with E-state index < -0.39 is 16.8 Å². The van der Waals surface area contributed by atoms with Crippen LogP contribution in [0.2, 0.25) is 13.1 Å². The maximum Gasteiger partial charge on any atom is 0.269 e. The lowest BCUT2D eigenvalue weighted by Crippen LogP contribution is -2.80. The zero-order chi connectivity index (χ0) is 11.7. The van der Waals surface area contributed by atoms with Crippen molar-refractivity contribution in [3.05, 3.63) is 37.3 Å². The van der Waals surface area contributed by atoms with Gasteiger partial charge in [-0.05, 0) is 26.3 Å². The second-order valence-electron chi connectivity index (χ2n) is 4.31. The summed E-state index contributed by atoms with van der Waals surface area (Å²) in [7, 11) is -1.54. The van der Waals surface area contributed by atoms with E-state index in [1.165, 1.54) is 0 Å². The van der Waals surface area contributed by atoms with E-state index in [-0.39, 0.29) is 9.84 Å². The summed E-state index contributed by atoms with van der Waals surface area (Å²) in [5, 5.41) is 0. The summed E-state index contributed by atoms with van der Waals surface area (Å²) in [4.78, 5) is 0. The molecule has 0 aromatic heterocycles. The zero-order valence-electron chi connectivity index (χ0n) is 9.95. The smallest absolute Gasteiger partial charge is 0.269 e. The predicted octanol–water partition coefficient (Wildman–Crippen LogP) is 0.560. The third-order valence-electron chi connectivity index (χ3n) is 3.33. The van der Waals surface area contributed by atoms with E-state index in [4.69, 9.17) is 0 Å². The lowest BCUT2D eigenvalue weighted by molar-refractivity contribution is 0.641. The quantitative estimate of drug-likeness (QED) is 0.744. The first-order valence-corrected chi connectivity index (χ1v) is 11.4. The summed E-state index contributed by atoms with van der Waals surface area (Å²) >= 11 is 0. The Morgan fingerprint density at radius 3 is 2.13 bits per heavy atom. The van der Waals surface area contributed by atoms with Gasteiger partial charge in [0.2, 0.25) is 8.40 Å². The molecule has 0 aliphatic carbocycles. The lowest BCUT2D eigenvalue weighted by atomic mass is 11.1. The van der Waals surface area contributed by atoms with Crippen LogP contribution in [-0.2, 0) is 0 Å². The van der Waals surface area contributed by atoms with Gasteiger partial charge in [-0.3, -0.25) is 0 Å². The van der Waals surface area contributed by atoms with E-state index in [9.17, 15) is 0 Å². The average Bonchev–Trinajstić information content (AvgIpc) is 2.22. The number of hydrogen-bond acceptors (Lipinski definition) is 3. The molecule has 1 saturated heterocycles. The first kappa shape index (κ1) is 12.7. The number of hydrogen-bond donors (Lipinski definition) is 1. The molecule has 1 N–H and O–H groups in total. The van der Waals surface area contributed by atoms with E-state index in [0.717, 1.165) is 0 Å². The Hall–Kier alpha value is -0.409. The molecule has 0 bridgehead atoms. The summed E-state index contributed by atoms with van der Waals surface area (Å²) in [5.74, 6) is 0. The fraction of sp³-hybridized carbons (Fsp3) is 0.333. The molecule has 1 rings (SSSR count). The molecule has 1 aliphatic rings. The Balaban J connectivity index is 3.18. The highest BCUT2D eigenvalue weighted by atomic mass is 28.5. The van der Waals surface area contributed by atoms with Gasteiger partial charge in [-0.2, -0.15) is 0 Å². The van der Waals surface area contributed by atoms with Crippen molar-refractivity contribution < 1.29 is 0 Å². The molecule has 1 aliphatic heterocycles. The summed E-state index contributed by atoms with van der Waals surface area (Å²) in [6, 6.07) is 0. The van der Waals surface area contributed by atoms with Crippen LogP contribution in [0.15, 0.2) is 37.3 Å². The van der Waals surface area contributed by atoms with Gasteiger partial charge in [-0.15, -0.1) is 13.2 Å². The molecule has 0 spiro atoms. The second kappa shape index (κ2) is 4.22. The van der Waals surface area contributed by atoms with Gasteiger partial charge in [0.1, 0.15) is 0 Å². The summed E-state index contributed by atoms with van der Waals surface area (Å²) < 4.78 is 8.64. The highest BCUT2D eigenvalue weighted by Crippen LogP contribution is 2.24. The molecule has 0 saturated carbocycles. The van der Waals surface area contributed by atoms with Crippen LogP contribution >= 0.6 is 0 Å². The second-order valence-corrected chi connectivity index (χ2v) is 15.3. The molecule has 0 unspecified atom stereocenters. The van der Waals surface area contributed by atoms with Crippen molar-refractivity contribution >= 4 is 26.6 Å².